The van der Waals surface area contributed by atoms with E-state index in [2.05, 4.69) is 10.3 Å². The van der Waals surface area contributed by atoms with E-state index in [1.807, 2.05) is 36.4 Å². The number of hydrogen-bond donors (Lipinski definition) is 2. The van der Waals surface area contributed by atoms with Crippen LogP contribution >= 0.6 is 0 Å². The summed E-state index contributed by atoms with van der Waals surface area (Å²) in [5, 5.41) is 11.8. The van der Waals surface area contributed by atoms with Crippen molar-refractivity contribution >= 4 is 11.6 Å². The molecule has 1 atom stereocenters. The molecule has 0 radical (unpaired) electrons. The highest BCUT2D eigenvalue weighted by atomic mass is 16.1. The van der Waals surface area contributed by atoms with Gasteiger partial charge in [-0.3, -0.25) is 4.79 Å². The number of amides is 1. The molecular formula is C14H13N3O. The Morgan fingerprint density at radius 1 is 1.28 bits per heavy atom. The molecule has 4 nitrogen and oxygen atoms in total. The second kappa shape index (κ2) is 5.69. The Morgan fingerprint density at radius 2 is 2.06 bits per heavy atom. The second-order valence-electron chi connectivity index (χ2n) is 3.94. The number of benzene rings is 1. The summed E-state index contributed by atoms with van der Waals surface area (Å²) in [5.41, 5.74) is 1.58. The third-order valence-corrected chi connectivity index (χ3v) is 2.60. The summed E-state index contributed by atoms with van der Waals surface area (Å²) in [6, 6.07) is 14.9. The zero-order valence-corrected chi connectivity index (χ0v) is 9.76. The fraction of sp³-hybridized carbons (Fsp3) is 0.143. The maximum atomic E-state index is 11.9. The van der Waals surface area contributed by atoms with Gasteiger partial charge in [-0.2, -0.15) is 5.26 Å². The van der Waals surface area contributed by atoms with Gasteiger partial charge in [0.25, 0.3) is 0 Å². The molecule has 0 aliphatic rings. The Kier molecular flexibility index (Phi) is 3.77. The number of anilines is 1. The molecule has 1 heterocycles. The number of aromatic nitrogens is 1. The van der Waals surface area contributed by atoms with Gasteiger partial charge in [-0.05, 0) is 24.3 Å². The number of rotatable bonds is 4. The quantitative estimate of drug-likeness (QED) is 0.859. The highest BCUT2D eigenvalue weighted by Gasteiger charge is 2.18. The van der Waals surface area contributed by atoms with Gasteiger partial charge in [-0.15, -0.1) is 0 Å². The average molecular weight is 239 g/mol. The van der Waals surface area contributed by atoms with E-state index >= 15 is 0 Å². The zero-order chi connectivity index (χ0) is 12.8. The molecule has 2 rings (SSSR count). The standard InChI is InChI=1S/C14H13N3O/c15-10-11(9-13-7-4-8-16-13)14(18)17-12-5-2-1-3-6-12/h1-8,11,16H,9H2,(H,17,18). The van der Waals surface area contributed by atoms with Crippen molar-refractivity contribution in [2.75, 3.05) is 5.32 Å². The van der Waals surface area contributed by atoms with Crippen molar-refractivity contribution in [1.82, 2.24) is 4.98 Å². The zero-order valence-electron chi connectivity index (χ0n) is 9.76. The van der Waals surface area contributed by atoms with Crippen molar-refractivity contribution in [2.45, 2.75) is 6.42 Å². The smallest absolute Gasteiger partial charge is 0.242 e. The lowest BCUT2D eigenvalue weighted by Crippen LogP contribution is -2.23. The van der Waals surface area contributed by atoms with Crippen LogP contribution in [0.2, 0.25) is 0 Å². The number of nitrogens with one attached hydrogen (secondary N) is 2. The molecule has 0 bridgehead atoms. The minimum Gasteiger partial charge on any atom is -0.365 e. The summed E-state index contributed by atoms with van der Waals surface area (Å²) in [7, 11) is 0. The number of carbonyl (C=O) groups excluding carboxylic acids is 1. The van der Waals surface area contributed by atoms with Gasteiger partial charge in [0.05, 0.1) is 6.07 Å². The summed E-state index contributed by atoms with van der Waals surface area (Å²) in [6.45, 7) is 0. The number of hydrogen-bond acceptors (Lipinski definition) is 2. The van der Waals surface area contributed by atoms with Crippen LogP contribution in [-0.2, 0) is 11.2 Å². The molecule has 0 saturated heterocycles. The number of aromatic amines is 1. The lowest BCUT2D eigenvalue weighted by molar-refractivity contribution is -0.118. The Balaban J connectivity index is 2.00. The molecular weight excluding hydrogens is 226 g/mol. The molecule has 0 aliphatic carbocycles. The number of carbonyl (C=O) groups is 1. The highest BCUT2D eigenvalue weighted by Crippen LogP contribution is 2.11. The van der Waals surface area contributed by atoms with Crippen LogP contribution in [0.3, 0.4) is 0 Å². The molecule has 2 N–H and O–H groups in total. The highest BCUT2D eigenvalue weighted by molar-refractivity contribution is 5.94. The summed E-state index contributed by atoms with van der Waals surface area (Å²) in [5.74, 6) is -0.970. The second-order valence-corrected chi connectivity index (χ2v) is 3.94. The fourth-order valence-electron chi connectivity index (χ4n) is 1.66. The number of nitriles is 1. The molecule has 0 aliphatic heterocycles. The largest absolute Gasteiger partial charge is 0.365 e. The monoisotopic (exact) mass is 239 g/mol. The first-order valence-corrected chi connectivity index (χ1v) is 5.67. The van der Waals surface area contributed by atoms with Crippen molar-refractivity contribution < 1.29 is 4.79 Å². The molecule has 1 amide bonds. The molecule has 90 valence electrons. The van der Waals surface area contributed by atoms with E-state index in [4.69, 9.17) is 5.26 Å². The summed E-state index contributed by atoms with van der Waals surface area (Å²) >= 11 is 0. The van der Waals surface area contributed by atoms with E-state index in [9.17, 15) is 4.79 Å². The molecule has 1 aromatic carbocycles. The fourth-order valence-corrected chi connectivity index (χ4v) is 1.66. The molecule has 4 heteroatoms. The summed E-state index contributed by atoms with van der Waals surface area (Å²) in [4.78, 5) is 14.9. The van der Waals surface area contributed by atoms with Crippen LogP contribution in [0.5, 0.6) is 0 Å². The minimum atomic E-state index is -0.691. The van der Waals surface area contributed by atoms with Crippen LogP contribution in [0.15, 0.2) is 48.7 Å². The van der Waals surface area contributed by atoms with E-state index in [-0.39, 0.29) is 5.91 Å². The summed E-state index contributed by atoms with van der Waals surface area (Å²) < 4.78 is 0. The molecule has 1 unspecified atom stereocenters. The Morgan fingerprint density at radius 3 is 2.67 bits per heavy atom. The van der Waals surface area contributed by atoms with Gasteiger partial charge in [0, 0.05) is 24.0 Å². The summed E-state index contributed by atoms with van der Waals surface area (Å²) in [6.07, 6.45) is 2.17. The predicted octanol–water partition coefficient (Wildman–Crippen LogP) is 2.34. The normalized spacial score (nSPS) is 11.5. The van der Waals surface area contributed by atoms with Crippen LogP contribution in [0, 0.1) is 17.2 Å². The predicted molar refractivity (Wildman–Crippen MR) is 68.7 cm³/mol. The Hall–Kier alpha value is -2.54. The Labute approximate surface area is 105 Å². The first-order valence-electron chi connectivity index (χ1n) is 5.67. The maximum absolute atomic E-state index is 11.9. The molecule has 0 saturated carbocycles. The maximum Gasteiger partial charge on any atom is 0.242 e. The van der Waals surface area contributed by atoms with Gasteiger partial charge in [-0.1, -0.05) is 18.2 Å². The molecule has 0 fully saturated rings. The van der Waals surface area contributed by atoms with E-state index < -0.39 is 5.92 Å². The van der Waals surface area contributed by atoms with Crippen molar-refractivity contribution in [3.05, 3.63) is 54.4 Å². The first-order chi connectivity index (χ1) is 8.79. The number of para-hydroxylation sites is 1. The van der Waals surface area contributed by atoms with Crippen molar-refractivity contribution in [3.8, 4) is 6.07 Å². The van der Waals surface area contributed by atoms with Gasteiger partial charge in [-0.25, -0.2) is 0 Å². The van der Waals surface area contributed by atoms with Crippen molar-refractivity contribution in [3.63, 3.8) is 0 Å². The minimum absolute atomic E-state index is 0.279. The van der Waals surface area contributed by atoms with Gasteiger partial charge >= 0.3 is 0 Å². The van der Waals surface area contributed by atoms with E-state index in [0.717, 1.165) is 5.69 Å². The van der Waals surface area contributed by atoms with Crippen molar-refractivity contribution in [2.24, 2.45) is 5.92 Å². The van der Waals surface area contributed by atoms with Gasteiger partial charge < -0.3 is 10.3 Å². The first kappa shape index (κ1) is 11.9. The lowest BCUT2D eigenvalue weighted by Gasteiger charge is -2.09. The average Bonchev–Trinajstić information content (AvgIpc) is 2.90. The Bertz CT molecular complexity index is 540. The third kappa shape index (κ3) is 2.98. The van der Waals surface area contributed by atoms with E-state index in [1.54, 1.807) is 18.3 Å². The van der Waals surface area contributed by atoms with Crippen LogP contribution in [0.25, 0.3) is 0 Å². The van der Waals surface area contributed by atoms with E-state index in [0.29, 0.717) is 12.1 Å². The molecule has 1 aromatic heterocycles. The topological polar surface area (TPSA) is 68.7 Å². The van der Waals surface area contributed by atoms with Crippen LogP contribution in [0.1, 0.15) is 5.69 Å². The molecule has 0 spiro atoms. The van der Waals surface area contributed by atoms with E-state index in [1.165, 1.54) is 0 Å². The third-order valence-electron chi connectivity index (χ3n) is 2.60. The van der Waals surface area contributed by atoms with Gasteiger partial charge in [0.15, 0.2) is 0 Å². The van der Waals surface area contributed by atoms with Crippen LogP contribution in [0.4, 0.5) is 5.69 Å². The molecule has 2 aromatic rings. The SMILES string of the molecule is N#CC(Cc1ccc[nH]1)C(=O)Nc1ccccc1. The van der Waals surface area contributed by atoms with Crippen molar-refractivity contribution in [1.29, 1.82) is 5.26 Å². The molecule has 18 heavy (non-hydrogen) atoms. The number of nitrogens with zero attached hydrogens (tertiary/aromatic N) is 1. The van der Waals surface area contributed by atoms with Crippen LogP contribution < -0.4 is 5.32 Å². The van der Waals surface area contributed by atoms with Crippen LogP contribution in [-0.4, -0.2) is 10.9 Å². The number of H-pyrrole nitrogens is 1. The lowest BCUT2D eigenvalue weighted by atomic mass is 10.0. The van der Waals surface area contributed by atoms with Gasteiger partial charge in [0.1, 0.15) is 5.92 Å². The van der Waals surface area contributed by atoms with Gasteiger partial charge in [0.2, 0.25) is 5.91 Å².